The van der Waals surface area contributed by atoms with Crippen LogP contribution in [-0.2, 0) is 24.3 Å². The van der Waals surface area contributed by atoms with Gasteiger partial charge in [0.05, 0.1) is 28.0 Å². The second kappa shape index (κ2) is 11.3. The van der Waals surface area contributed by atoms with Gasteiger partial charge in [0, 0.05) is 12.7 Å². The number of nitrogens with one attached hydrogen (secondary N) is 2. The van der Waals surface area contributed by atoms with E-state index < -0.39 is 28.0 Å². The van der Waals surface area contributed by atoms with Crippen molar-refractivity contribution in [3.8, 4) is 5.75 Å². The predicted octanol–water partition coefficient (Wildman–Crippen LogP) is 3.03. The Kier molecular flexibility index (Phi) is 9.05. The summed E-state index contributed by atoms with van der Waals surface area (Å²) in [5, 5.41) is 2.85. The first-order chi connectivity index (χ1) is 14.6. The second-order valence-corrected chi connectivity index (χ2v) is 8.77. The summed E-state index contributed by atoms with van der Waals surface area (Å²) in [5.41, 5.74) is 0. The molecule has 168 valence electrons. The number of pyridine rings is 1. The van der Waals surface area contributed by atoms with E-state index in [2.05, 4.69) is 15.0 Å². The van der Waals surface area contributed by atoms with E-state index in [1.165, 1.54) is 43.5 Å². The van der Waals surface area contributed by atoms with Crippen LogP contribution in [0.25, 0.3) is 0 Å². The van der Waals surface area contributed by atoms with Crippen LogP contribution in [0.5, 0.6) is 5.75 Å². The number of hydrogen-bond acceptors (Lipinski definition) is 7. The molecule has 0 aliphatic heterocycles. The molecule has 0 aliphatic rings. The minimum absolute atomic E-state index is 0.0319. The molecule has 2 rings (SSSR count). The topological polar surface area (TPSA) is 124 Å². The van der Waals surface area contributed by atoms with E-state index in [1.54, 1.807) is 0 Å². The Balaban J connectivity index is 1.81. The lowest BCUT2D eigenvalue weighted by molar-refractivity contribution is -0.152. The Morgan fingerprint density at radius 1 is 1.19 bits per heavy atom. The number of sulfonamides is 1. The zero-order chi connectivity index (χ0) is 23.0. The van der Waals surface area contributed by atoms with Crippen LogP contribution in [0.1, 0.15) is 20.3 Å². The number of ether oxygens (including phenoxy) is 2. The standard InChI is InChI=1S/C19H21Cl2N3O6S/c1-3-29-14-4-6-15(7-5-14)31(27,28)23-9-8-17(25)30-12(2)19(26)24-18-16(21)10-13(20)11-22-18/h4-7,10-12,23H,3,8-9H2,1-2H3,(H,22,24,26). The molecule has 2 aromatic rings. The SMILES string of the molecule is CCOc1ccc(S(=O)(=O)NCCC(=O)OC(C)C(=O)Nc2ncc(Cl)cc2Cl)cc1. The van der Waals surface area contributed by atoms with Crippen molar-refractivity contribution >= 4 is 50.9 Å². The molecule has 0 fully saturated rings. The lowest BCUT2D eigenvalue weighted by atomic mass is 10.3. The van der Waals surface area contributed by atoms with Gasteiger partial charge in [-0.05, 0) is 44.2 Å². The summed E-state index contributed by atoms with van der Waals surface area (Å²) in [5.74, 6) is -0.790. The largest absolute Gasteiger partial charge is 0.494 e. The number of rotatable bonds is 10. The maximum atomic E-state index is 12.3. The molecule has 12 heteroatoms. The monoisotopic (exact) mass is 489 g/mol. The number of benzene rings is 1. The maximum Gasteiger partial charge on any atom is 0.307 e. The first-order valence-corrected chi connectivity index (χ1v) is 11.4. The van der Waals surface area contributed by atoms with Crippen molar-refractivity contribution in [3.63, 3.8) is 0 Å². The highest BCUT2D eigenvalue weighted by Crippen LogP contribution is 2.22. The van der Waals surface area contributed by atoms with E-state index in [4.69, 9.17) is 32.7 Å². The Morgan fingerprint density at radius 3 is 2.48 bits per heavy atom. The van der Waals surface area contributed by atoms with Crippen molar-refractivity contribution in [1.82, 2.24) is 9.71 Å². The van der Waals surface area contributed by atoms with Gasteiger partial charge in [0.1, 0.15) is 5.75 Å². The van der Waals surface area contributed by atoms with E-state index >= 15 is 0 Å². The summed E-state index contributed by atoms with van der Waals surface area (Å²) in [6, 6.07) is 7.27. The lowest BCUT2D eigenvalue weighted by Crippen LogP contribution is -2.32. The Labute approximate surface area is 190 Å². The van der Waals surface area contributed by atoms with Crippen LogP contribution in [0.15, 0.2) is 41.4 Å². The molecule has 1 amide bonds. The van der Waals surface area contributed by atoms with Crippen molar-refractivity contribution in [1.29, 1.82) is 0 Å². The van der Waals surface area contributed by atoms with Crippen molar-refractivity contribution in [3.05, 3.63) is 46.6 Å². The fraction of sp³-hybridized carbons (Fsp3) is 0.316. The van der Waals surface area contributed by atoms with Crippen LogP contribution < -0.4 is 14.8 Å². The molecule has 31 heavy (non-hydrogen) atoms. The quantitative estimate of drug-likeness (QED) is 0.491. The highest BCUT2D eigenvalue weighted by atomic mass is 35.5. The molecule has 0 saturated carbocycles. The lowest BCUT2D eigenvalue weighted by Gasteiger charge is -2.14. The third-order valence-corrected chi connectivity index (χ3v) is 5.76. The minimum atomic E-state index is -3.81. The molecule has 0 radical (unpaired) electrons. The van der Waals surface area contributed by atoms with Gasteiger partial charge in [-0.3, -0.25) is 9.59 Å². The van der Waals surface area contributed by atoms with E-state index in [9.17, 15) is 18.0 Å². The molecule has 0 saturated heterocycles. The Hall–Kier alpha value is -2.40. The van der Waals surface area contributed by atoms with Gasteiger partial charge in [0.25, 0.3) is 5.91 Å². The number of amides is 1. The summed E-state index contributed by atoms with van der Waals surface area (Å²) in [6.07, 6.45) is -0.118. The van der Waals surface area contributed by atoms with Crippen molar-refractivity contribution in [2.75, 3.05) is 18.5 Å². The van der Waals surface area contributed by atoms with Crippen LogP contribution in [0.4, 0.5) is 5.82 Å². The van der Waals surface area contributed by atoms with Crippen LogP contribution in [0.3, 0.4) is 0 Å². The Bertz CT molecular complexity index is 1030. The van der Waals surface area contributed by atoms with Gasteiger partial charge in [-0.15, -0.1) is 0 Å². The average molecular weight is 490 g/mol. The normalized spacial score (nSPS) is 12.1. The molecule has 0 aliphatic carbocycles. The van der Waals surface area contributed by atoms with Crippen LogP contribution in [-0.4, -0.2) is 44.5 Å². The molecule has 0 bridgehead atoms. The number of esters is 1. The Morgan fingerprint density at radius 2 is 1.87 bits per heavy atom. The van der Waals surface area contributed by atoms with Gasteiger partial charge in [0.2, 0.25) is 10.0 Å². The van der Waals surface area contributed by atoms with Gasteiger partial charge in [-0.25, -0.2) is 18.1 Å². The second-order valence-electron chi connectivity index (χ2n) is 6.16. The molecule has 1 heterocycles. The van der Waals surface area contributed by atoms with Gasteiger partial charge < -0.3 is 14.8 Å². The van der Waals surface area contributed by atoms with E-state index in [-0.39, 0.29) is 28.7 Å². The van der Waals surface area contributed by atoms with Crippen LogP contribution in [0, 0.1) is 0 Å². The van der Waals surface area contributed by atoms with Crippen molar-refractivity contribution in [2.45, 2.75) is 31.3 Å². The highest BCUT2D eigenvalue weighted by Gasteiger charge is 2.20. The molecule has 1 aromatic carbocycles. The summed E-state index contributed by atoms with van der Waals surface area (Å²) in [7, 11) is -3.81. The van der Waals surface area contributed by atoms with Gasteiger partial charge >= 0.3 is 5.97 Å². The molecule has 9 nitrogen and oxygen atoms in total. The van der Waals surface area contributed by atoms with Crippen molar-refractivity contribution in [2.24, 2.45) is 0 Å². The first kappa shape index (κ1) is 24.9. The fourth-order valence-electron chi connectivity index (χ4n) is 2.29. The van der Waals surface area contributed by atoms with E-state index in [0.717, 1.165) is 0 Å². The van der Waals surface area contributed by atoms with Gasteiger partial charge in [-0.2, -0.15) is 0 Å². The molecular weight excluding hydrogens is 469 g/mol. The third-order valence-electron chi connectivity index (χ3n) is 3.79. The molecule has 0 spiro atoms. The average Bonchev–Trinajstić information content (AvgIpc) is 2.70. The molecule has 1 atom stereocenters. The zero-order valence-electron chi connectivity index (χ0n) is 16.7. The summed E-state index contributed by atoms with van der Waals surface area (Å²) in [4.78, 5) is 28.0. The maximum absolute atomic E-state index is 12.3. The summed E-state index contributed by atoms with van der Waals surface area (Å²) < 4.78 is 37.1. The van der Waals surface area contributed by atoms with E-state index in [0.29, 0.717) is 17.4 Å². The molecular formula is C19H21Cl2N3O6S. The summed E-state index contributed by atoms with van der Waals surface area (Å²) >= 11 is 11.7. The summed E-state index contributed by atoms with van der Waals surface area (Å²) in [6.45, 7) is 3.44. The zero-order valence-corrected chi connectivity index (χ0v) is 19.1. The highest BCUT2D eigenvalue weighted by molar-refractivity contribution is 7.89. The molecule has 1 unspecified atom stereocenters. The predicted molar refractivity (Wildman–Crippen MR) is 116 cm³/mol. The van der Waals surface area contributed by atoms with E-state index in [1.807, 2.05) is 6.92 Å². The number of aromatic nitrogens is 1. The third kappa shape index (κ3) is 7.66. The first-order valence-electron chi connectivity index (χ1n) is 9.16. The van der Waals surface area contributed by atoms with Gasteiger partial charge in [0.15, 0.2) is 11.9 Å². The number of carbonyl (C=O) groups is 2. The number of nitrogens with zero attached hydrogens (tertiary/aromatic N) is 1. The number of carbonyl (C=O) groups excluding carboxylic acids is 2. The number of hydrogen-bond donors (Lipinski definition) is 2. The van der Waals surface area contributed by atoms with Gasteiger partial charge in [-0.1, -0.05) is 23.2 Å². The molecule has 2 N–H and O–H groups in total. The fourth-order valence-corrected chi connectivity index (χ4v) is 3.75. The van der Waals surface area contributed by atoms with Crippen LogP contribution >= 0.6 is 23.2 Å². The molecule has 1 aromatic heterocycles. The van der Waals surface area contributed by atoms with Crippen LogP contribution in [0.2, 0.25) is 10.0 Å². The number of halogens is 2. The number of anilines is 1. The van der Waals surface area contributed by atoms with Crippen molar-refractivity contribution < 1.29 is 27.5 Å². The minimum Gasteiger partial charge on any atom is -0.494 e. The smallest absolute Gasteiger partial charge is 0.307 e.